The van der Waals surface area contributed by atoms with E-state index in [1.807, 2.05) is 12.1 Å². The predicted molar refractivity (Wildman–Crippen MR) is 125 cm³/mol. The first-order valence-electron chi connectivity index (χ1n) is 11.5. The summed E-state index contributed by atoms with van der Waals surface area (Å²) in [6.45, 7) is 1.23. The lowest BCUT2D eigenvalue weighted by Crippen LogP contribution is -2.36. The first kappa shape index (κ1) is 24.1. The van der Waals surface area contributed by atoms with E-state index < -0.39 is 0 Å². The number of ether oxygens (including phenoxy) is 2. The third-order valence-electron chi connectivity index (χ3n) is 5.87. The predicted octanol–water partition coefficient (Wildman–Crippen LogP) is 2.46. The van der Waals surface area contributed by atoms with Gasteiger partial charge in [0.05, 0.1) is 14.2 Å². The van der Waals surface area contributed by atoms with E-state index in [1.54, 1.807) is 29.4 Å². The average Bonchev–Trinajstić information content (AvgIpc) is 3.38. The molecule has 1 aliphatic heterocycles. The number of hydrogen-bond acceptors (Lipinski definition) is 9. The minimum atomic E-state index is -0.253. The summed E-state index contributed by atoms with van der Waals surface area (Å²) in [7, 11) is 2.95. The van der Waals surface area contributed by atoms with Crippen molar-refractivity contribution in [2.75, 3.05) is 33.9 Å². The second-order valence-corrected chi connectivity index (χ2v) is 8.13. The van der Waals surface area contributed by atoms with Crippen LogP contribution in [0.4, 0.5) is 0 Å². The zero-order chi connectivity index (χ0) is 24.6. The summed E-state index contributed by atoms with van der Waals surface area (Å²) < 4.78 is 16.0. The molecule has 3 aromatic rings. The molecule has 0 aromatic carbocycles. The van der Waals surface area contributed by atoms with E-state index in [0.717, 1.165) is 5.56 Å². The van der Waals surface area contributed by atoms with Crippen molar-refractivity contribution in [3.63, 3.8) is 0 Å². The van der Waals surface area contributed by atoms with Crippen molar-refractivity contribution < 1.29 is 23.6 Å². The zero-order valence-electron chi connectivity index (χ0n) is 19.8. The van der Waals surface area contributed by atoms with Crippen LogP contribution in [0.2, 0.25) is 0 Å². The van der Waals surface area contributed by atoms with Crippen LogP contribution < -0.4 is 14.8 Å². The average molecular weight is 481 g/mol. The van der Waals surface area contributed by atoms with Gasteiger partial charge in [0.1, 0.15) is 5.56 Å². The van der Waals surface area contributed by atoms with Crippen molar-refractivity contribution in [1.82, 2.24) is 30.3 Å². The van der Waals surface area contributed by atoms with Gasteiger partial charge < -0.3 is 24.2 Å². The Labute approximate surface area is 202 Å². The number of nitrogens with zero attached hydrogens (tertiary/aromatic N) is 5. The van der Waals surface area contributed by atoms with E-state index in [9.17, 15) is 9.59 Å². The molecule has 3 aromatic heterocycles. The maximum Gasteiger partial charge on any atom is 0.259 e. The van der Waals surface area contributed by atoms with Crippen LogP contribution in [0, 0.1) is 0 Å². The highest BCUT2D eigenvalue weighted by Crippen LogP contribution is 2.27. The zero-order valence-corrected chi connectivity index (χ0v) is 19.8. The van der Waals surface area contributed by atoms with Crippen LogP contribution in [0.5, 0.6) is 11.8 Å². The molecular weight excluding hydrogens is 452 g/mol. The Morgan fingerprint density at radius 3 is 2.80 bits per heavy atom. The van der Waals surface area contributed by atoms with Crippen molar-refractivity contribution in [2.45, 2.75) is 31.6 Å². The van der Waals surface area contributed by atoms with E-state index in [1.165, 1.54) is 14.2 Å². The number of pyridine rings is 2. The molecule has 4 rings (SSSR count). The Morgan fingerprint density at radius 2 is 2.03 bits per heavy atom. The highest BCUT2D eigenvalue weighted by molar-refractivity contribution is 5.96. The maximum absolute atomic E-state index is 13.3. The van der Waals surface area contributed by atoms with E-state index in [4.69, 9.17) is 14.0 Å². The molecule has 0 radical (unpaired) electrons. The van der Waals surface area contributed by atoms with Crippen molar-refractivity contribution in [3.8, 4) is 23.1 Å². The molecule has 1 unspecified atom stereocenters. The summed E-state index contributed by atoms with van der Waals surface area (Å²) in [5.41, 5.74) is 1.09. The van der Waals surface area contributed by atoms with Crippen molar-refractivity contribution in [3.05, 3.63) is 48.1 Å². The van der Waals surface area contributed by atoms with Gasteiger partial charge in [-0.3, -0.25) is 14.6 Å². The molecule has 1 aliphatic rings. The lowest BCUT2D eigenvalue weighted by Gasteiger charge is -2.23. The normalized spacial score (nSPS) is 17.3. The smallest absolute Gasteiger partial charge is 0.259 e. The fourth-order valence-electron chi connectivity index (χ4n) is 3.98. The number of carbonyl (C=O) groups excluding carboxylic acids is 2. The Hall–Kier alpha value is -4.02. The van der Waals surface area contributed by atoms with E-state index in [0.29, 0.717) is 55.5 Å². The van der Waals surface area contributed by atoms with E-state index in [-0.39, 0.29) is 36.6 Å². The molecule has 0 aliphatic carbocycles. The number of hydrogen-bond donors (Lipinski definition) is 1. The molecule has 35 heavy (non-hydrogen) atoms. The molecule has 1 saturated heterocycles. The number of nitrogens with one attached hydrogen (secondary N) is 1. The van der Waals surface area contributed by atoms with Crippen LogP contribution in [0.15, 0.2) is 41.2 Å². The van der Waals surface area contributed by atoms with Crippen LogP contribution in [0.1, 0.15) is 47.8 Å². The van der Waals surface area contributed by atoms with Crippen LogP contribution in [-0.4, -0.2) is 70.7 Å². The fourth-order valence-corrected chi connectivity index (χ4v) is 3.98. The standard InChI is InChI=1S/C24H28N6O5/c1-33-20-8-7-18(23(27-20)34-2)24(32)30-13-4-6-16(9-12-26-19(31)10-14-30)22-28-21(29-35-22)17-5-3-11-25-15-17/h3,5,7-8,11,15-16H,4,6,9-10,12-14H2,1-2H3,(H,26,31). The molecule has 11 heteroatoms. The van der Waals surface area contributed by atoms with E-state index >= 15 is 0 Å². The Balaban J connectivity index is 1.50. The molecule has 184 valence electrons. The largest absolute Gasteiger partial charge is 0.481 e. The third-order valence-corrected chi connectivity index (χ3v) is 5.87. The highest BCUT2D eigenvalue weighted by Gasteiger charge is 2.25. The number of amides is 2. The second kappa shape index (κ2) is 11.4. The van der Waals surface area contributed by atoms with Gasteiger partial charge in [0.15, 0.2) is 0 Å². The molecule has 1 fully saturated rings. The number of rotatable bonds is 5. The van der Waals surface area contributed by atoms with Gasteiger partial charge in [-0.05, 0) is 37.5 Å². The van der Waals surface area contributed by atoms with Gasteiger partial charge in [-0.1, -0.05) is 5.16 Å². The second-order valence-electron chi connectivity index (χ2n) is 8.13. The Kier molecular flexibility index (Phi) is 7.86. The van der Waals surface area contributed by atoms with Crippen molar-refractivity contribution >= 4 is 11.8 Å². The van der Waals surface area contributed by atoms with Gasteiger partial charge in [0.2, 0.25) is 29.4 Å². The summed E-state index contributed by atoms with van der Waals surface area (Å²) in [4.78, 5) is 40.3. The molecule has 1 N–H and O–H groups in total. The molecule has 11 nitrogen and oxygen atoms in total. The number of aromatic nitrogens is 4. The molecule has 4 heterocycles. The summed E-state index contributed by atoms with van der Waals surface area (Å²) in [6.07, 6.45) is 5.63. The summed E-state index contributed by atoms with van der Waals surface area (Å²) in [5, 5.41) is 7.02. The van der Waals surface area contributed by atoms with Gasteiger partial charge in [0.25, 0.3) is 5.91 Å². The molecule has 0 saturated carbocycles. The molecule has 0 bridgehead atoms. The lowest BCUT2D eigenvalue weighted by molar-refractivity contribution is -0.121. The molecular formula is C24H28N6O5. The fraction of sp³-hybridized carbons (Fsp3) is 0.417. The molecule has 0 spiro atoms. The van der Waals surface area contributed by atoms with E-state index in [2.05, 4.69) is 25.4 Å². The number of carbonyl (C=O) groups is 2. The SMILES string of the molecule is COc1ccc(C(=O)N2CCCC(c3nc(-c4cccnc4)no3)CCNC(=O)CC2)c(OC)n1. The van der Waals surface area contributed by atoms with Gasteiger partial charge in [-0.25, -0.2) is 0 Å². The summed E-state index contributed by atoms with van der Waals surface area (Å²) >= 11 is 0. The van der Waals surface area contributed by atoms with Gasteiger partial charge in [-0.2, -0.15) is 9.97 Å². The van der Waals surface area contributed by atoms with Crippen LogP contribution >= 0.6 is 0 Å². The molecule has 1 atom stereocenters. The van der Waals surface area contributed by atoms with Crippen molar-refractivity contribution in [2.24, 2.45) is 0 Å². The van der Waals surface area contributed by atoms with Gasteiger partial charge in [0, 0.05) is 56.0 Å². The summed E-state index contributed by atoms with van der Waals surface area (Å²) in [5.74, 6) is 1.09. The van der Waals surface area contributed by atoms with Gasteiger partial charge >= 0.3 is 0 Å². The quantitative estimate of drug-likeness (QED) is 0.585. The Morgan fingerprint density at radius 1 is 1.14 bits per heavy atom. The van der Waals surface area contributed by atoms with Crippen LogP contribution in [-0.2, 0) is 4.79 Å². The maximum atomic E-state index is 13.3. The monoisotopic (exact) mass is 480 g/mol. The van der Waals surface area contributed by atoms with Gasteiger partial charge in [-0.15, -0.1) is 0 Å². The first-order chi connectivity index (χ1) is 17.1. The molecule has 2 amide bonds. The van der Waals surface area contributed by atoms with Crippen LogP contribution in [0.25, 0.3) is 11.4 Å². The van der Waals surface area contributed by atoms with Crippen molar-refractivity contribution in [1.29, 1.82) is 0 Å². The van der Waals surface area contributed by atoms with Crippen LogP contribution in [0.3, 0.4) is 0 Å². The summed E-state index contributed by atoms with van der Waals surface area (Å²) in [6, 6.07) is 6.91. The number of methoxy groups -OCH3 is 2. The minimum absolute atomic E-state index is 0.0551. The highest BCUT2D eigenvalue weighted by atomic mass is 16.5. The third kappa shape index (κ3) is 5.92. The first-order valence-corrected chi connectivity index (χ1v) is 11.5. The Bertz CT molecular complexity index is 1150. The minimum Gasteiger partial charge on any atom is -0.481 e. The topological polar surface area (TPSA) is 133 Å². The lowest BCUT2D eigenvalue weighted by atomic mass is 9.99.